The molecular weight excluding hydrogens is 327 g/mol. The normalized spacial score (nSPS) is 11.3. The molecule has 0 unspecified atom stereocenters. The van der Waals surface area contributed by atoms with Gasteiger partial charge in [-0.3, -0.25) is 9.88 Å². The summed E-state index contributed by atoms with van der Waals surface area (Å²) in [5.74, 6) is 0.931. The summed E-state index contributed by atoms with van der Waals surface area (Å²) in [7, 11) is 0. The number of aromatic nitrogens is 3. The fraction of sp³-hybridized carbons (Fsp3) is 0.286. The van der Waals surface area contributed by atoms with Crippen LogP contribution in [0.5, 0.6) is 0 Å². The fourth-order valence-electron chi connectivity index (χ4n) is 2.77. The molecule has 134 valence electrons. The van der Waals surface area contributed by atoms with E-state index in [9.17, 15) is 4.39 Å². The Balaban J connectivity index is 1.79. The molecule has 0 aliphatic carbocycles. The molecular formula is C21H23FN4. The van der Waals surface area contributed by atoms with Crippen LogP contribution in [0.15, 0.2) is 61.1 Å². The molecule has 0 N–H and O–H groups in total. The Hall–Kier alpha value is -2.66. The topological polar surface area (TPSA) is 41.9 Å². The molecule has 0 aliphatic rings. The number of benzene rings is 1. The van der Waals surface area contributed by atoms with Crippen molar-refractivity contribution in [3.8, 4) is 0 Å². The third-order valence-electron chi connectivity index (χ3n) is 4.11. The molecule has 5 heteroatoms. The second kappa shape index (κ2) is 8.63. The Morgan fingerprint density at radius 2 is 1.50 bits per heavy atom. The summed E-state index contributed by atoms with van der Waals surface area (Å²) >= 11 is 0. The maximum Gasteiger partial charge on any atom is 0.131 e. The molecule has 0 radical (unpaired) electrons. The van der Waals surface area contributed by atoms with Crippen molar-refractivity contribution in [2.45, 2.75) is 39.4 Å². The van der Waals surface area contributed by atoms with Crippen LogP contribution < -0.4 is 0 Å². The molecule has 0 aliphatic heterocycles. The molecule has 2 aromatic heterocycles. The average Bonchev–Trinajstić information content (AvgIpc) is 2.64. The molecule has 0 amide bonds. The maximum absolute atomic E-state index is 13.2. The van der Waals surface area contributed by atoms with Crippen molar-refractivity contribution in [3.63, 3.8) is 0 Å². The van der Waals surface area contributed by atoms with Gasteiger partial charge in [0.15, 0.2) is 0 Å². The maximum atomic E-state index is 13.2. The van der Waals surface area contributed by atoms with Crippen LogP contribution in [0.2, 0.25) is 0 Å². The summed E-state index contributed by atoms with van der Waals surface area (Å²) < 4.78 is 13.2. The van der Waals surface area contributed by atoms with E-state index in [4.69, 9.17) is 0 Å². The van der Waals surface area contributed by atoms with Crippen molar-refractivity contribution in [3.05, 3.63) is 89.5 Å². The van der Waals surface area contributed by atoms with Gasteiger partial charge in [-0.1, -0.05) is 26.0 Å². The lowest BCUT2D eigenvalue weighted by Crippen LogP contribution is -2.23. The van der Waals surface area contributed by atoms with Crippen molar-refractivity contribution < 1.29 is 4.39 Å². The van der Waals surface area contributed by atoms with Gasteiger partial charge in [-0.25, -0.2) is 14.4 Å². The van der Waals surface area contributed by atoms with Gasteiger partial charge >= 0.3 is 0 Å². The number of nitrogens with zero attached hydrogens (tertiary/aromatic N) is 4. The SMILES string of the molecule is CC(C)c1nccc(CN(Cc2ccncc2)Cc2ccc(F)cc2)n1. The van der Waals surface area contributed by atoms with Crippen LogP contribution in [-0.2, 0) is 19.6 Å². The molecule has 4 nitrogen and oxygen atoms in total. The van der Waals surface area contributed by atoms with E-state index in [2.05, 4.69) is 33.7 Å². The number of hydrogen-bond donors (Lipinski definition) is 0. The van der Waals surface area contributed by atoms with E-state index in [-0.39, 0.29) is 5.82 Å². The van der Waals surface area contributed by atoms with Crippen LogP contribution in [0.3, 0.4) is 0 Å². The second-order valence-electron chi connectivity index (χ2n) is 6.69. The van der Waals surface area contributed by atoms with Crippen LogP contribution in [-0.4, -0.2) is 19.9 Å². The third-order valence-corrected chi connectivity index (χ3v) is 4.11. The summed E-state index contributed by atoms with van der Waals surface area (Å²) in [6.45, 7) is 6.35. The molecule has 1 aromatic carbocycles. The summed E-state index contributed by atoms with van der Waals surface area (Å²) in [5, 5.41) is 0. The minimum absolute atomic E-state index is 0.216. The highest BCUT2D eigenvalue weighted by molar-refractivity contribution is 5.17. The van der Waals surface area contributed by atoms with Crippen molar-refractivity contribution in [2.75, 3.05) is 0 Å². The van der Waals surface area contributed by atoms with Gasteiger partial charge < -0.3 is 0 Å². The van der Waals surface area contributed by atoms with Crippen molar-refractivity contribution in [2.24, 2.45) is 0 Å². The van der Waals surface area contributed by atoms with Gasteiger partial charge in [0.05, 0.1) is 5.69 Å². The first kappa shape index (κ1) is 18.1. The summed E-state index contributed by atoms with van der Waals surface area (Å²) in [5.41, 5.74) is 3.23. The first-order valence-corrected chi connectivity index (χ1v) is 8.77. The van der Waals surface area contributed by atoms with Crippen LogP contribution in [0.1, 0.15) is 42.4 Å². The van der Waals surface area contributed by atoms with Crippen LogP contribution >= 0.6 is 0 Å². The number of hydrogen-bond acceptors (Lipinski definition) is 4. The quantitative estimate of drug-likeness (QED) is 0.636. The fourth-order valence-corrected chi connectivity index (χ4v) is 2.77. The lowest BCUT2D eigenvalue weighted by molar-refractivity contribution is 0.244. The average molecular weight is 350 g/mol. The van der Waals surface area contributed by atoms with Gasteiger partial charge in [-0.2, -0.15) is 0 Å². The zero-order chi connectivity index (χ0) is 18.4. The standard InChI is InChI=1S/C21H23FN4/c1-16(2)21-24-12-9-20(25-21)15-26(14-18-7-10-23-11-8-18)13-17-3-5-19(22)6-4-17/h3-12,16H,13-15H2,1-2H3. The summed E-state index contributed by atoms with van der Waals surface area (Å²) in [4.78, 5) is 15.4. The van der Waals surface area contributed by atoms with Gasteiger partial charge in [-0.15, -0.1) is 0 Å². The Labute approximate surface area is 153 Å². The number of rotatable bonds is 7. The lowest BCUT2D eigenvalue weighted by Gasteiger charge is -2.22. The first-order valence-electron chi connectivity index (χ1n) is 8.77. The number of pyridine rings is 1. The Kier molecular flexibility index (Phi) is 6.02. The molecule has 2 heterocycles. The molecule has 0 spiro atoms. The lowest BCUT2D eigenvalue weighted by atomic mass is 10.1. The molecule has 0 fully saturated rings. The zero-order valence-electron chi connectivity index (χ0n) is 15.1. The highest BCUT2D eigenvalue weighted by Gasteiger charge is 2.11. The Morgan fingerprint density at radius 3 is 2.15 bits per heavy atom. The summed E-state index contributed by atoms with van der Waals surface area (Å²) in [6, 6.07) is 12.6. The Morgan fingerprint density at radius 1 is 0.846 bits per heavy atom. The largest absolute Gasteiger partial charge is 0.289 e. The van der Waals surface area contributed by atoms with E-state index in [0.29, 0.717) is 19.0 Å². The molecule has 26 heavy (non-hydrogen) atoms. The van der Waals surface area contributed by atoms with Crippen molar-refractivity contribution in [1.82, 2.24) is 19.9 Å². The highest BCUT2D eigenvalue weighted by atomic mass is 19.1. The van der Waals surface area contributed by atoms with Crippen molar-refractivity contribution >= 4 is 0 Å². The van der Waals surface area contributed by atoms with E-state index in [0.717, 1.165) is 23.6 Å². The van der Waals surface area contributed by atoms with Crippen molar-refractivity contribution in [1.29, 1.82) is 0 Å². The van der Waals surface area contributed by atoms with E-state index in [1.165, 1.54) is 17.7 Å². The first-order chi connectivity index (χ1) is 12.6. The second-order valence-corrected chi connectivity index (χ2v) is 6.69. The molecule has 0 bridgehead atoms. The van der Waals surface area contributed by atoms with E-state index < -0.39 is 0 Å². The molecule has 3 rings (SSSR count). The third kappa shape index (κ3) is 5.17. The monoisotopic (exact) mass is 350 g/mol. The minimum atomic E-state index is -0.216. The van der Waals surface area contributed by atoms with Crippen LogP contribution in [0.4, 0.5) is 4.39 Å². The van der Waals surface area contributed by atoms with Crippen LogP contribution in [0, 0.1) is 5.82 Å². The predicted octanol–water partition coefficient (Wildman–Crippen LogP) is 4.34. The molecule has 3 aromatic rings. The predicted molar refractivity (Wildman–Crippen MR) is 99.7 cm³/mol. The molecule has 0 saturated heterocycles. The Bertz CT molecular complexity index is 819. The minimum Gasteiger partial charge on any atom is -0.289 e. The zero-order valence-corrected chi connectivity index (χ0v) is 15.1. The van der Waals surface area contributed by atoms with Crippen LogP contribution in [0.25, 0.3) is 0 Å². The molecule has 0 saturated carbocycles. The van der Waals surface area contributed by atoms with Gasteiger partial charge in [0.2, 0.25) is 0 Å². The van der Waals surface area contributed by atoms with Gasteiger partial charge in [-0.05, 0) is 41.5 Å². The molecule has 0 atom stereocenters. The van der Waals surface area contributed by atoms with Gasteiger partial charge in [0.25, 0.3) is 0 Å². The van der Waals surface area contributed by atoms with Gasteiger partial charge in [0.1, 0.15) is 11.6 Å². The highest BCUT2D eigenvalue weighted by Crippen LogP contribution is 2.15. The number of halogens is 1. The smallest absolute Gasteiger partial charge is 0.131 e. The van der Waals surface area contributed by atoms with E-state index in [1.54, 1.807) is 12.4 Å². The van der Waals surface area contributed by atoms with E-state index in [1.807, 2.05) is 36.5 Å². The van der Waals surface area contributed by atoms with E-state index >= 15 is 0 Å². The van der Waals surface area contributed by atoms with Gasteiger partial charge in [0, 0.05) is 44.1 Å². The summed E-state index contributed by atoms with van der Waals surface area (Å²) in [6.07, 6.45) is 5.42.